The highest BCUT2D eigenvalue weighted by Gasteiger charge is 2.30. The van der Waals surface area contributed by atoms with E-state index in [-0.39, 0.29) is 5.41 Å². The van der Waals surface area contributed by atoms with E-state index < -0.39 is 5.54 Å². The van der Waals surface area contributed by atoms with Crippen LogP contribution in [0.1, 0.15) is 27.7 Å². The first-order chi connectivity index (χ1) is 3.81. The number of rotatable bonds is 0. The Morgan fingerprint density at radius 3 is 1.56 bits per heavy atom. The second-order valence-electron chi connectivity index (χ2n) is 3.60. The second-order valence-corrected chi connectivity index (χ2v) is 3.60. The van der Waals surface area contributed by atoms with Crippen LogP contribution in [0.4, 0.5) is 0 Å². The Kier molecular flexibility index (Phi) is 1.93. The first kappa shape index (κ1) is 8.52. The molecule has 0 rings (SSSR count). The molecule has 0 heterocycles. The Morgan fingerprint density at radius 2 is 1.56 bits per heavy atom. The predicted molar refractivity (Wildman–Crippen MR) is 40.9 cm³/mol. The first-order valence-electron chi connectivity index (χ1n) is 3.08. The molecule has 0 fully saturated rings. The standard InChI is InChI=1S/C8H15N/c1-6-8(5,9)7(2,3)4/h1H,9H2,2-5H3. The van der Waals surface area contributed by atoms with E-state index in [1.54, 1.807) is 0 Å². The molecule has 0 aliphatic heterocycles. The van der Waals surface area contributed by atoms with Crippen LogP contribution in [0, 0.1) is 17.8 Å². The average molecular weight is 125 g/mol. The van der Waals surface area contributed by atoms with Gasteiger partial charge in [-0.3, -0.25) is 0 Å². The monoisotopic (exact) mass is 125 g/mol. The van der Waals surface area contributed by atoms with E-state index in [1.807, 2.05) is 27.7 Å². The fourth-order valence-electron chi connectivity index (χ4n) is 0.217. The van der Waals surface area contributed by atoms with Crippen molar-refractivity contribution in [3.05, 3.63) is 0 Å². The maximum atomic E-state index is 5.76. The summed E-state index contributed by atoms with van der Waals surface area (Å²) >= 11 is 0. The van der Waals surface area contributed by atoms with Crippen LogP contribution in [0.2, 0.25) is 0 Å². The highest BCUT2D eigenvalue weighted by Crippen LogP contribution is 2.26. The lowest BCUT2D eigenvalue weighted by molar-refractivity contribution is 0.273. The van der Waals surface area contributed by atoms with E-state index in [4.69, 9.17) is 12.2 Å². The lowest BCUT2D eigenvalue weighted by atomic mass is 9.76. The lowest BCUT2D eigenvalue weighted by Crippen LogP contribution is -2.47. The van der Waals surface area contributed by atoms with Crippen molar-refractivity contribution in [2.75, 3.05) is 0 Å². The van der Waals surface area contributed by atoms with Crippen molar-refractivity contribution in [3.8, 4) is 12.3 Å². The van der Waals surface area contributed by atoms with Gasteiger partial charge in [-0.15, -0.1) is 6.42 Å². The summed E-state index contributed by atoms with van der Waals surface area (Å²) in [6.45, 7) is 7.97. The summed E-state index contributed by atoms with van der Waals surface area (Å²) < 4.78 is 0. The smallest absolute Gasteiger partial charge is 0.0793 e. The molecule has 0 aromatic rings. The first-order valence-corrected chi connectivity index (χ1v) is 3.08. The van der Waals surface area contributed by atoms with Gasteiger partial charge in [0.1, 0.15) is 0 Å². The molecule has 52 valence electrons. The number of terminal acetylenes is 1. The van der Waals surface area contributed by atoms with Gasteiger partial charge in [0.15, 0.2) is 0 Å². The predicted octanol–water partition coefficient (Wildman–Crippen LogP) is 1.38. The summed E-state index contributed by atoms with van der Waals surface area (Å²) in [6, 6.07) is 0. The van der Waals surface area contributed by atoms with Gasteiger partial charge < -0.3 is 5.73 Å². The van der Waals surface area contributed by atoms with E-state index >= 15 is 0 Å². The third kappa shape index (κ3) is 1.73. The van der Waals surface area contributed by atoms with Crippen molar-refractivity contribution < 1.29 is 0 Å². The molecule has 0 saturated heterocycles. The third-order valence-electron chi connectivity index (χ3n) is 1.86. The van der Waals surface area contributed by atoms with Crippen molar-refractivity contribution in [1.29, 1.82) is 0 Å². The van der Waals surface area contributed by atoms with Gasteiger partial charge in [0.25, 0.3) is 0 Å². The summed E-state index contributed by atoms with van der Waals surface area (Å²) in [5.74, 6) is 2.56. The van der Waals surface area contributed by atoms with Crippen molar-refractivity contribution in [3.63, 3.8) is 0 Å². The van der Waals surface area contributed by atoms with Gasteiger partial charge in [-0.25, -0.2) is 0 Å². The number of nitrogens with two attached hydrogens (primary N) is 1. The Morgan fingerprint density at radius 1 is 1.22 bits per heavy atom. The van der Waals surface area contributed by atoms with E-state index in [2.05, 4.69) is 5.92 Å². The highest BCUT2D eigenvalue weighted by atomic mass is 14.7. The Hall–Kier alpha value is -0.480. The molecule has 0 spiro atoms. The summed E-state index contributed by atoms with van der Waals surface area (Å²) in [5, 5.41) is 0. The van der Waals surface area contributed by atoms with E-state index in [0.717, 1.165) is 0 Å². The molecule has 1 atom stereocenters. The maximum absolute atomic E-state index is 5.76. The van der Waals surface area contributed by atoms with Crippen molar-refractivity contribution in [1.82, 2.24) is 0 Å². The van der Waals surface area contributed by atoms with Crippen molar-refractivity contribution >= 4 is 0 Å². The molecule has 2 N–H and O–H groups in total. The van der Waals surface area contributed by atoms with E-state index in [1.165, 1.54) is 0 Å². The number of hydrogen-bond acceptors (Lipinski definition) is 1. The zero-order valence-electron chi connectivity index (χ0n) is 6.65. The van der Waals surface area contributed by atoms with Crippen LogP contribution in [-0.4, -0.2) is 5.54 Å². The van der Waals surface area contributed by atoms with Crippen LogP contribution in [0.5, 0.6) is 0 Å². The normalized spacial score (nSPS) is 18.2. The minimum absolute atomic E-state index is 0.0122. The highest BCUT2D eigenvalue weighted by molar-refractivity contribution is 5.13. The molecule has 0 saturated carbocycles. The minimum atomic E-state index is -0.493. The molecular formula is C8H15N. The molecule has 0 aliphatic rings. The zero-order chi connectivity index (χ0) is 7.71. The molecule has 0 aromatic heterocycles. The SMILES string of the molecule is C#CC(C)(N)C(C)(C)C. The van der Waals surface area contributed by atoms with Gasteiger partial charge in [-0.1, -0.05) is 26.7 Å². The topological polar surface area (TPSA) is 26.0 Å². The van der Waals surface area contributed by atoms with Crippen LogP contribution in [0.25, 0.3) is 0 Å². The largest absolute Gasteiger partial charge is 0.315 e. The molecular weight excluding hydrogens is 110 g/mol. The fourth-order valence-corrected chi connectivity index (χ4v) is 0.217. The molecule has 0 amide bonds. The molecule has 0 aliphatic carbocycles. The maximum Gasteiger partial charge on any atom is 0.0793 e. The number of hydrogen-bond donors (Lipinski definition) is 1. The van der Waals surface area contributed by atoms with Crippen molar-refractivity contribution in [2.45, 2.75) is 33.2 Å². The van der Waals surface area contributed by atoms with Crippen LogP contribution in [0.15, 0.2) is 0 Å². The van der Waals surface area contributed by atoms with Crippen LogP contribution in [-0.2, 0) is 0 Å². The molecule has 0 radical (unpaired) electrons. The summed E-state index contributed by atoms with van der Waals surface area (Å²) in [7, 11) is 0. The van der Waals surface area contributed by atoms with Crippen LogP contribution < -0.4 is 5.73 Å². The van der Waals surface area contributed by atoms with Gasteiger partial charge in [0.2, 0.25) is 0 Å². The molecule has 1 nitrogen and oxygen atoms in total. The molecule has 1 unspecified atom stereocenters. The Bertz CT molecular complexity index is 132. The fraction of sp³-hybridized carbons (Fsp3) is 0.750. The Labute approximate surface area is 57.6 Å². The summed E-state index contributed by atoms with van der Waals surface area (Å²) in [6.07, 6.45) is 5.22. The van der Waals surface area contributed by atoms with Gasteiger partial charge in [-0.2, -0.15) is 0 Å². The summed E-state index contributed by atoms with van der Waals surface area (Å²) in [5.41, 5.74) is 5.25. The van der Waals surface area contributed by atoms with Crippen LogP contribution in [0.3, 0.4) is 0 Å². The van der Waals surface area contributed by atoms with E-state index in [9.17, 15) is 0 Å². The Balaban J connectivity index is 4.39. The third-order valence-corrected chi connectivity index (χ3v) is 1.86. The van der Waals surface area contributed by atoms with E-state index in [0.29, 0.717) is 0 Å². The molecule has 9 heavy (non-hydrogen) atoms. The molecule has 0 bridgehead atoms. The zero-order valence-corrected chi connectivity index (χ0v) is 6.65. The molecule has 1 heteroatoms. The molecule has 0 aromatic carbocycles. The van der Waals surface area contributed by atoms with Gasteiger partial charge in [0, 0.05) is 0 Å². The van der Waals surface area contributed by atoms with Crippen LogP contribution >= 0.6 is 0 Å². The second kappa shape index (κ2) is 2.04. The average Bonchev–Trinajstić information content (AvgIpc) is 1.64. The van der Waals surface area contributed by atoms with Gasteiger partial charge in [0.05, 0.1) is 5.54 Å². The summed E-state index contributed by atoms with van der Waals surface area (Å²) in [4.78, 5) is 0. The van der Waals surface area contributed by atoms with Gasteiger partial charge >= 0.3 is 0 Å². The van der Waals surface area contributed by atoms with Gasteiger partial charge in [-0.05, 0) is 12.3 Å². The minimum Gasteiger partial charge on any atom is -0.315 e. The van der Waals surface area contributed by atoms with Crippen molar-refractivity contribution in [2.24, 2.45) is 11.1 Å². The quantitative estimate of drug-likeness (QED) is 0.486. The lowest BCUT2D eigenvalue weighted by Gasteiger charge is -2.33.